The topological polar surface area (TPSA) is 49.3 Å². The molecular formula is C16H16BrNO2. The number of rotatable bonds is 5. The van der Waals surface area contributed by atoms with Crippen LogP contribution in [0.25, 0.3) is 0 Å². The highest BCUT2D eigenvalue weighted by Gasteiger charge is 2.10. The van der Waals surface area contributed by atoms with Crippen molar-refractivity contribution >= 4 is 21.8 Å². The van der Waals surface area contributed by atoms with Gasteiger partial charge in [-0.25, -0.2) is 0 Å². The molecule has 1 amide bonds. The first-order chi connectivity index (χ1) is 9.66. The van der Waals surface area contributed by atoms with Crippen LogP contribution in [0.3, 0.4) is 0 Å². The van der Waals surface area contributed by atoms with E-state index in [9.17, 15) is 9.90 Å². The number of benzene rings is 2. The third kappa shape index (κ3) is 4.10. The van der Waals surface area contributed by atoms with Crippen molar-refractivity contribution in [2.24, 2.45) is 0 Å². The Bertz CT molecular complexity index is 584. The van der Waals surface area contributed by atoms with Gasteiger partial charge < -0.3 is 10.4 Å². The molecule has 2 N–H and O–H groups in total. The lowest BCUT2D eigenvalue weighted by Gasteiger charge is -2.07. The van der Waals surface area contributed by atoms with Gasteiger partial charge in [-0.05, 0) is 36.6 Å². The Labute approximate surface area is 126 Å². The van der Waals surface area contributed by atoms with Gasteiger partial charge in [0.05, 0.1) is 5.56 Å². The van der Waals surface area contributed by atoms with Gasteiger partial charge in [0.15, 0.2) is 0 Å². The van der Waals surface area contributed by atoms with E-state index in [4.69, 9.17) is 0 Å². The van der Waals surface area contributed by atoms with Crippen molar-refractivity contribution in [2.75, 3.05) is 6.54 Å². The lowest BCUT2D eigenvalue weighted by atomic mass is 10.1. The van der Waals surface area contributed by atoms with Gasteiger partial charge in [-0.2, -0.15) is 0 Å². The summed E-state index contributed by atoms with van der Waals surface area (Å²) in [7, 11) is 0. The molecular weight excluding hydrogens is 318 g/mol. The Morgan fingerprint density at radius 1 is 1.15 bits per heavy atom. The molecule has 2 aromatic rings. The molecule has 0 aliphatic carbocycles. The van der Waals surface area contributed by atoms with Gasteiger partial charge in [-0.3, -0.25) is 4.79 Å². The summed E-state index contributed by atoms with van der Waals surface area (Å²) in [5.74, 6) is -0.259. The van der Waals surface area contributed by atoms with Crippen LogP contribution in [0.1, 0.15) is 22.3 Å². The number of aromatic hydroxyl groups is 1. The number of nitrogens with one attached hydrogen (secondary N) is 1. The molecule has 2 rings (SSSR count). The van der Waals surface area contributed by atoms with Crippen molar-refractivity contribution in [2.45, 2.75) is 12.8 Å². The maximum absolute atomic E-state index is 11.9. The fourth-order valence-corrected chi connectivity index (χ4v) is 2.29. The van der Waals surface area contributed by atoms with E-state index >= 15 is 0 Å². The highest BCUT2D eigenvalue weighted by molar-refractivity contribution is 9.10. The van der Waals surface area contributed by atoms with Gasteiger partial charge in [0.25, 0.3) is 5.91 Å². The van der Waals surface area contributed by atoms with Gasteiger partial charge in [0, 0.05) is 11.0 Å². The molecule has 0 atom stereocenters. The monoisotopic (exact) mass is 333 g/mol. The molecule has 0 heterocycles. The molecule has 3 nitrogen and oxygen atoms in total. The summed E-state index contributed by atoms with van der Waals surface area (Å²) in [6, 6.07) is 15.0. The number of phenols is 1. The number of hydrogen-bond acceptors (Lipinski definition) is 2. The second-order valence-electron chi connectivity index (χ2n) is 4.51. The van der Waals surface area contributed by atoms with E-state index in [0.29, 0.717) is 12.1 Å². The Kier molecular flexibility index (Phi) is 5.18. The minimum Gasteiger partial charge on any atom is -0.507 e. The van der Waals surface area contributed by atoms with Crippen molar-refractivity contribution in [3.8, 4) is 5.75 Å². The van der Waals surface area contributed by atoms with E-state index in [1.165, 1.54) is 11.6 Å². The van der Waals surface area contributed by atoms with Crippen LogP contribution in [0.15, 0.2) is 53.0 Å². The van der Waals surface area contributed by atoms with Gasteiger partial charge in [0.1, 0.15) is 5.75 Å². The SMILES string of the molecule is O=C(NCCCc1ccccc1)c1cc(Br)ccc1O. The largest absolute Gasteiger partial charge is 0.507 e. The number of halogens is 1. The summed E-state index contributed by atoms with van der Waals surface area (Å²) in [5.41, 5.74) is 1.55. The van der Waals surface area contributed by atoms with E-state index in [-0.39, 0.29) is 11.7 Å². The number of amides is 1. The fraction of sp³-hybridized carbons (Fsp3) is 0.188. The molecule has 0 unspecified atom stereocenters. The fourth-order valence-electron chi connectivity index (χ4n) is 1.92. The Balaban J connectivity index is 1.82. The third-order valence-electron chi connectivity index (χ3n) is 2.97. The number of hydrogen-bond donors (Lipinski definition) is 2. The zero-order valence-electron chi connectivity index (χ0n) is 11.0. The predicted octanol–water partition coefficient (Wildman–Crippen LogP) is 3.52. The first-order valence-electron chi connectivity index (χ1n) is 6.47. The van der Waals surface area contributed by atoms with Crippen molar-refractivity contribution in [1.82, 2.24) is 5.32 Å². The summed E-state index contributed by atoms with van der Waals surface area (Å²) < 4.78 is 0.768. The minimum atomic E-state index is -0.253. The van der Waals surface area contributed by atoms with Crippen molar-refractivity contribution in [1.29, 1.82) is 0 Å². The molecule has 20 heavy (non-hydrogen) atoms. The van der Waals surface area contributed by atoms with Crippen molar-refractivity contribution in [3.05, 3.63) is 64.1 Å². The number of aryl methyl sites for hydroxylation is 1. The van der Waals surface area contributed by atoms with Crippen LogP contribution in [-0.2, 0) is 6.42 Å². The molecule has 0 fully saturated rings. The highest BCUT2D eigenvalue weighted by atomic mass is 79.9. The smallest absolute Gasteiger partial charge is 0.255 e. The zero-order valence-corrected chi connectivity index (χ0v) is 12.6. The predicted molar refractivity (Wildman–Crippen MR) is 82.9 cm³/mol. The van der Waals surface area contributed by atoms with Crippen LogP contribution in [-0.4, -0.2) is 17.6 Å². The van der Waals surface area contributed by atoms with Gasteiger partial charge in [-0.1, -0.05) is 46.3 Å². The second kappa shape index (κ2) is 7.10. The lowest BCUT2D eigenvalue weighted by Crippen LogP contribution is -2.24. The molecule has 4 heteroatoms. The second-order valence-corrected chi connectivity index (χ2v) is 5.42. The standard InChI is InChI=1S/C16H16BrNO2/c17-13-8-9-15(19)14(11-13)16(20)18-10-4-7-12-5-2-1-3-6-12/h1-3,5-6,8-9,11,19H,4,7,10H2,(H,18,20). The summed E-state index contributed by atoms with van der Waals surface area (Å²) >= 11 is 3.29. The summed E-state index contributed by atoms with van der Waals surface area (Å²) in [6.07, 6.45) is 1.79. The van der Waals surface area contributed by atoms with Gasteiger partial charge >= 0.3 is 0 Å². The maximum Gasteiger partial charge on any atom is 0.255 e. The summed E-state index contributed by atoms with van der Waals surface area (Å²) in [4.78, 5) is 11.9. The first kappa shape index (κ1) is 14.6. The van der Waals surface area contributed by atoms with Crippen LogP contribution in [0, 0.1) is 0 Å². The van der Waals surface area contributed by atoms with Crippen LogP contribution in [0.2, 0.25) is 0 Å². The number of carbonyl (C=O) groups excluding carboxylic acids is 1. The normalized spacial score (nSPS) is 10.2. The Morgan fingerprint density at radius 3 is 2.65 bits per heavy atom. The molecule has 0 bridgehead atoms. The zero-order chi connectivity index (χ0) is 14.4. The van der Waals surface area contributed by atoms with Gasteiger partial charge in [-0.15, -0.1) is 0 Å². The molecule has 0 spiro atoms. The molecule has 104 valence electrons. The van der Waals surface area contributed by atoms with Crippen LogP contribution in [0.4, 0.5) is 0 Å². The molecule has 2 aromatic carbocycles. The quantitative estimate of drug-likeness (QED) is 0.822. The minimum absolute atomic E-state index is 0.00578. The molecule has 0 saturated heterocycles. The third-order valence-corrected chi connectivity index (χ3v) is 3.47. The highest BCUT2D eigenvalue weighted by Crippen LogP contribution is 2.21. The lowest BCUT2D eigenvalue weighted by molar-refractivity contribution is 0.0950. The van der Waals surface area contributed by atoms with E-state index in [1.54, 1.807) is 12.1 Å². The number of carbonyl (C=O) groups is 1. The molecule has 0 saturated carbocycles. The first-order valence-corrected chi connectivity index (χ1v) is 7.27. The molecule has 0 radical (unpaired) electrons. The van der Waals surface area contributed by atoms with Crippen LogP contribution >= 0.6 is 15.9 Å². The van der Waals surface area contributed by atoms with E-state index in [0.717, 1.165) is 17.3 Å². The summed E-state index contributed by atoms with van der Waals surface area (Å²) in [5, 5.41) is 12.5. The van der Waals surface area contributed by atoms with E-state index in [2.05, 4.69) is 33.4 Å². The average molecular weight is 334 g/mol. The van der Waals surface area contributed by atoms with Gasteiger partial charge in [0.2, 0.25) is 0 Å². The summed E-state index contributed by atoms with van der Waals surface area (Å²) in [6.45, 7) is 0.583. The van der Waals surface area contributed by atoms with Crippen LogP contribution in [0.5, 0.6) is 5.75 Å². The Hall–Kier alpha value is -1.81. The number of phenolic OH excluding ortho intramolecular Hbond substituents is 1. The maximum atomic E-state index is 11.9. The average Bonchev–Trinajstić information content (AvgIpc) is 2.47. The van der Waals surface area contributed by atoms with E-state index in [1.807, 2.05) is 18.2 Å². The molecule has 0 aliphatic rings. The van der Waals surface area contributed by atoms with Crippen molar-refractivity contribution < 1.29 is 9.90 Å². The van der Waals surface area contributed by atoms with Crippen LogP contribution < -0.4 is 5.32 Å². The Morgan fingerprint density at radius 2 is 1.90 bits per heavy atom. The van der Waals surface area contributed by atoms with E-state index < -0.39 is 0 Å². The molecule has 0 aromatic heterocycles. The van der Waals surface area contributed by atoms with Crippen molar-refractivity contribution in [3.63, 3.8) is 0 Å². The molecule has 0 aliphatic heterocycles.